The van der Waals surface area contributed by atoms with E-state index in [1.54, 1.807) is 6.07 Å². The smallest absolute Gasteiger partial charge is 0.141 e. The topological polar surface area (TPSA) is 15.3 Å². The van der Waals surface area contributed by atoms with Crippen molar-refractivity contribution in [3.8, 4) is 0 Å². The number of rotatable bonds is 3. The van der Waals surface area contributed by atoms with E-state index in [0.717, 1.165) is 18.7 Å². The van der Waals surface area contributed by atoms with Crippen LogP contribution in [0.25, 0.3) is 0 Å². The Balaban J connectivity index is 2.27. The zero-order chi connectivity index (χ0) is 11.7. The van der Waals surface area contributed by atoms with Crippen molar-refractivity contribution in [2.75, 3.05) is 27.2 Å². The lowest BCUT2D eigenvalue weighted by atomic mass is 9.88. The van der Waals surface area contributed by atoms with E-state index in [1.165, 1.54) is 6.07 Å². The minimum Gasteiger partial charge on any atom is -0.316 e. The van der Waals surface area contributed by atoms with Gasteiger partial charge in [0.15, 0.2) is 0 Å². The number of hydrogen-bond acceptors (Lipinski definition) is 2. The summed E-state index contributed by atoms with van der Waals surface area (Å²) in [5, 5.41) is 3.46. The minimum atomic E-state index is -0.352. The van der Waals surface area contributed by atoms with Crippen LogP contribution in [0.2, 0.25) is 5.02 Å². The van der Waals surface area contributed by atoms with Crippen molar-refractivity contribution in [3.63, 3.8) is 0 Å². The van der Waals surface area contributed by atoms with Crippen molar-refractivity contribution < 1.29 is 4.39 Å². The Labute approximate surface area is 100 Å². The molecule has 0 aliphatic carbocycles. The average Bonchev–Trinajstić information content (AvgIpc) is 2.15. The molecule has 0 bridgehead atoms. The zero-order valence-electron chi connectivity index (χ0n) is 9.50. The molecule has 0 aromatic heterocycles. The lowest BCUT2D eigenvalue weighted by molar-refractivity contribution is 0.161. The second kappa shape index (κ2) is 4.70. The SMILES string of the molecule is CN(C)C(c1ccc(F)c(Cl)c1)C1CNC1. The van der Waals surface area contributed by atoms with Gasteiger partial charge in [0.1, 0.15) is 5.82 Å². The first-order valence-electron chi connectivity index (χ1n) is 5.41. The molecule has 1 fully saturated rings. The van der Waals surface area contributed by atoms with Crippen molar-refractivity contribution in [3.05, 3.63) is 34.6 Å². The normalized spacial score (nSPS) is 18.6. The van der Waals surface area contributed by atoms with E-state index >= 15 is 0 Å². The van der Waals surface area contributed by atoms with Gasteiger partial charge >= 0.3 is 0 Å². The van der Waals surface area contributed by atoms with E-state index < -0.39 is 0 Å². The molecule has 2 nitrogen and oxygen atoms in total. The maximum Gasteiger partial charge on any atom is 0.141 e. The van der Waals surface area contributed by atoms with Gasteiger partial charge in [0, 0.05) is 25.0 Å². The van der Waals surface area contributed by atoms with Crippen LogP contribution in [0.5, 0.6) is 0 Å². The molecule has 1 N–H and O–H groups in total. The fraction of sp³-hybridized carbons (Fsp3) is 0.500. The molecule has 1 aliphatic rings. The Morgan fingerprint density at radius 3 is 2.56 bits per heavy atom. The summed E-state index contributed by atoms with van der Waals surface area (Å²) in [6.07, 6.45) is 0. The summed E-state index contributed by atoms with van der Waals surface area (Å²) in [5.74, 6) is 0.228. The van der Waals surface area contributed by atoms with Gasteiger partial charge in [0.25, 0.3) is 0 Å². The fourth-order valence-electron chi connectivity index (χ4n) is 2.22. The average molecular weight is 243 g/mol. The summed E-state index contributed by atoms with van der Waals surface area (Å²) in [6, 6.07) is 5.31. The molecule has 0 spiro atoms. The zero-order valence-corrected chi connectivity index (χ0v) is 10.3. The Morgan fingerprint density at radius 1 is 1.44 bits per heavy atom. The molecule has 1 aromatic carbocycles. The molecule has 1 heterocycles. The first kappa shape index (κ1) is 11.8. The summed E-state index contributed by atoms with van der Waals surface area (Å²) in [6.45, 7) is 2.02. The van der Waals surface area contributed by atoms with Gasteiger partial charge in [-0.15, -0.1) is 0 Å². The van der Waals surface area contributed by atoms with Crippen molar-refractivity contribution in [1.29, 1.82) is 0 Å². The Hall–Kier alpha value is -0.640. The van der Waals surface area contributed by atoms with Gasteiger partial charge in [-0.05, 0) is 31.8 Å². The summed E-state index contributed by atoms with van der Waals surface area (Å²) < 4.78 is 13.1. The summed E-state index contributed by atoms with van der Waals surface area (Å²) in [7, 11) is 4.08. The highest BCUT2D eigenvalue weighted by atomic mass is 35.5. The van der Waals surface area contributed by atoms with Crippen LogP contribution in [-0.2, 0) is 0 Å². The molecule has 16 heavy (non-hydrogen) atoms. The highest BCUT2D eigenvalue weighted by molar-refractivity contribution is 6.30. The lowest BCUT2D eigenvalue weighted by Crippen LogP contribution is -2.48. The molecule has 1 aromatic rings. The molecular formula is C12H16ClFN2. The van der Waals surface area contributed by atoms with Crippen LogP contribution < -0.4 is 5.32 Å². The number of hydrogen-bond donors (Lipinski definition) is 1. The second-order valence-corrected chi connectivity index (χ2v) is 4.91. The first-order chi connectivity index (χ1) is 7.59. The second-order valence-electron chi connectivity index (χ2n) is 4.50. The largest absolute Gasteiger partial charge is 0.316 e. The predicted octanol–water partition coefficient (Wildman–Crippen LogP) is 2.30. The van der Waals surface area contributed by atoms with E-state index in [1.807, 2.05) is 20.2 Å². The molecule has 88 valence electrons. The van der Waals surface area contributed by atoms with Crippen molar-refractivity contribution >= 4 is 11.6 Å². The monoisotopic (exact) mass is 242 g/mol. The van der Waals surface area contributed by atoms with Gasteiger partial charge in [-0.3, -0.25) is 0 Å². The van der Waals surface area contributed by atoms with Crippen LogP contribution in [0.4, 0.5) is 4.39 Å². The van der Waals surface area contributed by atoms with Crippen molar-refractivity contribution in [2.24, 2.45) is 5.92 Å². The van der Waals surface area contributed by atoms with Crippen molar-refractivity contribution in [2.45, 2.75) is 6.04 Å². The minimum absolute atomic E-state index is 0.205. The Morgan fingerprint density at radius 2 is 2.12 bits per heavy atom. The first-order valence-corrected chi connectivity index (χ1v) is 5.79. The number of benzene rings is 1. The quantitative estimate of drug-likeness (QED) is 0.875. The number of halogens is 2. The third kappa shape index (κ3) is 2.21. The van der Waals surface area contributed by atoms with E-state index in [9.17, 15) is 4.39 Å². The van der Waals surface area contributed by atoms with Gasteiger partial charge in [-0.1, -0.05) is 17.7 Å². The van der Waals surface area contributed by atoms with Gasteiger partial charge < -0.3 is 10.2 Å². The molecule has 0 radical (unpaired) electrons. The van der Waals surface area contributed by atoms with Crippen molar-refractivity contribution in [1.82, 2.24) is 10.2 Å². The van der Waals surface area contributed by atoms with E-state index in [4.69, 9.17) is 11.6 Å². The van der Waals surface area contributed by atoms with Crippen LogP contribution in [0.1, 0.15) is 11.6 Å². The van der Waals surface area contributed by atoms with Gasteiger partial charge in [-0.25, -0.2) is 4.39 Å². The molecule has 0 saturated carbocycles. The third-order valence-electron chi connectivity index (χ3n) is 3.10. The third-order valence-corrected chi connectivity index (χ3v) is 3.39. The molecule has 0 amide bonds. The van der Waals surface area contributed by atoms with Gasteiger partial charge in [0.2, 0.25) is 0 Å². The molecule has 1 saturated heterocycles. The van der Waals surface area contributed by atoms with Gasteiger partial charge in [-0.2, -0.15) is 0 Å². The van der Waals surface area contributed by atoms with E-state index in [2.05, 4.69) is 10.2 Å². The molecule has 1 aliphatic heterocycles. The highest BCUT2D eigenvalue weighted by Gasteiger charge is 2.30. The highest BCUT2D eigenvalue weighted by Crippen LogP contribution is 2.31. The van der Waals surface area contributed by atoms with Crippen LogP contribution in [-0.4, -0.2) is 32.1 Å². The van der Waals surface area contributed by atoms with E-state index in [-0.39, 0.29) is 10.8 Å². The van der Waals surface area contributed by atoms with Crippen LogP contribution in [0, 0.1) is 11.7 Å². The molecule has 1 unspecified atom stereocenters. The Kier molecular flexibility index (Phi) is 3.47. The molecular weight excluding hydrogens is 227 g/mol. The maximum absolute atomic E-state index is 13.1. The lowest BCUT2D eigenvalue weighted by Gasteiger charge is -2.38. The fourth-order valence-corrected chi connectivity index (χ4v) is 2.41. The summed E-state index contributed by atoms with van der Waals surface area (Å²) in [4.78, 5) is 2.16. The molecule has 1 atom stereocenters. The van der Waals surface area contributed by atoms with Crippen LogP contribution in [0.15, 0.2) is 18.2 Å². The predicted molar refractivity (Wildman–Crippen MR) is 64.2 cm³/mol. The van der Waals surface area contributed by atoms with Crippen LogP contribution in [0.3, 0.4) is 0 Å². The standard InChI is InChI=1S/C12H16ClFN2/c1-16(2)12(9-6-15-7-9)8-3-4-11(14)10(13)5-8/h3-5,9,12,15H,6-7H2,1-2H3. The number of nitrogens with zero attached hydrogens (tertiary/aromatic N) is 1. The van der Waals surface area contributed by atoms with E-state index in [0.29, 0.717) is 12.0 Å². The maximum atomic E-state index is 13.1. The molecule has 2 rings (SSSR count). The number of nitrogens with one attached hydrogen (secondary N) is 1. The molecule has 4 heteroatoms. The summed E-state index contributed by atoms with van der Waals surface area (Å²) in [5.41, 5.74) is 1.09. The Bertz CT molecular complexity index is 377. The summed E-state index contributed by atoms with van der Waals surface area (Å²) >= 11 is 5.82. The van der Waals surface area contributed by atoms with Crippen LogP contribution >= 0.6 is 11.6 Å². The van der Waals surface area contributed by atoms with Gasteiger partial charge in [0.05, 0.1) is 5.02 Å².